The Morgan fingerprint density at radius 2 is 2.10 bits per heavy atom. The molecule has 0 radical (unpaired) electrons. The first-order valence-corrected chi connectivity index (χ1v) is 13.6. The van der Waals surface area contributed by atoms with E-state index in [9.17, 15) is 19.5 Å². The monoisotopic (exact) mass is 444 g/mol. The van der Waals surface area contributed by atoms with Crippen molar-refractivity contribution >= 4 is 37.5 Å². The molecule has 0 spiro atoms. The maximum Gasteiger partial charge on any atom is 0.411 e. The van der Waals surface area contributed by atoms with E-state index in [1.54, 1.807) is 24.3 Å². The van der Waals surface area contributed by atoms with Crippen LogP contribution in [0.15, 0.2) is 42.6 Å². The topological polar surface area (TPSA) is 105 Å². The number of β-lactam (4-membered cyclic amide) rings is 1. The second-order valence-corrected chi connectivity index (χ2v) is 13.1. The number of hydrogen-bond acceptors (Lipinski definition) is 5. The van der Waals surface area contributed by atoms with E-state index in [1.807, 2.05) is 6.92 Å². The summed E-state index contributed by atoms with van der Waals surface area (Å²) in [5.74, 6) is -1.73. The maximum absolute atomic E-state index is 12.9. The van der Waals surface area contributed by atoms with Gasteiger partial charge < -0.3 is 19.2 Å². The first-order chi connectivity index (χ1) is 14.5. The molecule has 2 N–H and O–H groups in total. The summed E-state index contributed by atoms with van der Waals surface area (Å²) in [4.78, 5) is 38.1. The van der Waals surface area contributed by atoms with Gasteiger partial charge in [0.1, 0.15) is 12.3 Å². The summed E-state index contributed by atoms with van der Waals surface area (Å²) in [5.41, 5.74) is 1.67. The fourth-order valence-electron chi connectivity index (χ4n) is 4.22. The standard InChI is InChI=1S/C22H28N2O6Si/c1-6-10-29-22(28)23-15-9-7-8-14(11-15)16-12-17-18(13(2)30-31(3,4)5)20(25)24(17)19(16)21(26)27/h6-9,11,13,17-18H,1,10,12H2,2-5H3,(H,23,28)(H,26,27)/t13-,17-,18-/m1/s1. The Bertz CT molecular complexity index is 952. The van der Waals surface area contributed by atoms with Crippen LogP contribution in [-0.2, 0) is 18.8 Å². The Morgan fingerprint density at radius 1 is 1.39 bits per heavy atom. The van der Waals surface area contributed by atoms with Crippen molar-refractivity contribution in [2.24, 2.45) is 5.92 Å². The van der Waals surface area contributed by atoms with E-state index in [0.717, 1.165) is 0 Å². The number of rotatable bonds is 8. The molecule has 3 rings (SSSR count). The third-order valence-corrected chi connectivity index (χ3v) is 6.33. The Labute approximate surface area is 182 Å². The van der Waals surface area contributed by atoms with Crippen LogP contribution in [0.25, 0.3) is 5.57 Å². The molecule has 1 aromatic carbocycles. The fourth-order valence-corrected chi connectivity index (χ4v) is 5.48. The van der Waals surface area contributed by atoms with Crippen LogP contribution in [-0.4, -0.2) is 55.0 Å². The van der Waals surface area contributed by atoms with Crippen LogP contribution in [0, 0.1) is 5.92 Å². The number of nitrogens with one attached hydrogen (secondary N) is 1. The number of amides is 2. The van der Waals surface area contributed by atoms with E-state index in [-0.39, 0.29) is 36.3 Å². The van der Waals surface area contributed by atoms with Crippen molar-refractivity contribution in [1.82, 2.24) is 4.90 Å². The van der Waals surface area contributed by atoms with Gasteiger partial charge in [0.25, 0.3) is 0 Å². The number of nitrogens with zero attached hydrogens (tertiary/aromatic N) is 1. The van der Waals surface area contributed by atoms with Gasteiger partial charge in [0.05, 0.1) is 18.1 Å². The molecule has 2 amide bonds. The van der Waals surface area contributed by atoms with Crippen molar-refractivity contribution in [2.75, 3.05) is 11.9 Å². The molecule has 1 fully saturated rings. The molecule has 2 aliphatic heterocycles. The Morgan fingerprint density at radius 3 is 2.71 bits per heavy atom. The van der Waals surface area contributed by atoms with Crippen molar-refractivity contribution in [3.05, 3.63) is 48.2 Å². The quantitative estimate of drug-likeness (QED) is 0.360. The first-order valence-electron chi connectivity index (χ1n) is 10.2. The number of benzene rings is 1. The smallest absolute Gasteiger partial charge is 0.411 e. The Hall–Kier alpha value is -2.91. The molecule has 1 aromatic rings. The van der Waals surface area contributed by atoms with Crippen LogP contribution in [0.2, 0.25) is 19.6 Å². The minimum Gasteiger partial charge on any atom is -0.477 e. The van der Waals surface area contributed by atoms with Crippen LogP contribution in [0.5, 0.6) is 0 Å². The summed E-state index contributed by atoms with van der Waals surface area (Å²) in [7, 11) is -1.85. The molecule has 0 aliphatic carbocycles. The lowest BCUT2D eigenvalue weighted by Crippen LogP contribution is -2.63. The Kier molecular flexibility index (Phi) is 6.37. The second kappa shape index (κ2) is 8.68. The zero-order valence-corrected chi connectivity index (χ0v) is 19.2. The number of fused-ring (bicyclic) bond motifs is 1. The maximum atomic E-state index is 12.9. The van der Waals surface area contributed by atoms with Crippen molar-refractivity contribution in [1.29, 1.82) is 0 Å². The van der Waals surface area contributed by atoms with E-state index in [0.29, 0.717) is 23.2 Å². The molecule has 2 heterocycles. The van der Waals surface area contributed by atoms with Gasteiger partial charge in [-0.3, -0.25) is 10.1 Å². The average Bonchev–Trinajstić information content (AvgIpc) is 3.00. The summed E-state index contributed by atoms with van der Waals surface area (Å²) in [6, 6.07) is 6.61. The van der Waals surface area contributed by atoms with Gasteiger partial charge in [-0.1, -0.05) is 24.8 Å². The highest BCUT2D eigenvalue weighted by molar-refractivity contribution is 6.69. The summed E-state index contributed by atoms with van der Waals surface area (Å²) < 4.78 is 11.0. The number of aliphatic carboxylic acids is 1. The van der Waals surface area contributed by atoms with E-state index < -0.39 is 20.4 Å². The number of anilines is 1. The van der Waals surface area contributed by atoms with Crippen LogP contribution in [0.4, 0.5) is 10.5 Å². The molecule has 3 atom stereocenters. The average molecular weight is 445 g/mol. The molecule has 0 bridgehead atoms. The highest BCUT2D eigenvalue weighted by Gasteiger charge is 2.57. The SMILES string of the molecule is C=CCOC(=O)Nc1cccc(C2=C(C(=O)O)N3C(=O)[C@H]([C@@H](C)O[Si](C)(C)C)[C@H]3C2)c1. The second-order valence-electron chi connectivity index (χ2n) is 8.67. The highest BCUT2D eigenvalue weighted by Crippen LogP contribution is 2.47. The molecular weight excluding hydrogens is 416 g/mol. The van der Waals surface area contributed by atoms with Crippen LogP contribution >= 0.6 is 0 Å². The number of carboxylic acid groups (broad SMARTS) is 1. The lowest BCUT2D eigenvalue weighted by molar-refractivity contribution is -0.160. The first kappa shape index (κ1) is 22.8. The molecule has 166 valence electrons. The van der Waals surface area contributed by atoms with E-state index in [4.69, 9.17) is 9.16 Å². The molecule has 0 unspecified atom stereocenters. The van der Waals surface area contributed by atoms with Gasteiger partial charge >= 0.3 is 12.1 Å². The fraction of sp³-hybridized carbons (Fsp3) is 0.409. The molecule has 2 aliphatic rings. The number of hydrogen-bond donors (Lipinski definition) is 2. The highest BCUT2D eigenvalue weighted by atomic mass is 28.4. The summed E-state index contributed by atoms with van der Waals surface area (Å²) in [6.45, 7) is 11.6. The minimum absolute atomic E-state index is 0.00200. The number of ether oxygens (including phenoxy) is 1. The molecule has 1 saturated heterocycles. The molecule has 9 heteroatoms. The van der Waals surface area contributed by atoms with Gasteiger partial charge in [-0.25, -0.2) is 9.59 Å². The predicted molar refractivity (Wildman–Crippen MR) is 119 cm³/mol. The van der Waals surface area contributed by atoms with Crippen molar-refractivity contribution in [3.63, 3.8) is 0 Å². The number of carboxylic acids is 1. The lowest BCUT2D eigenvalue weighted by atomic mass is 9.82. The summed E-state index contributed by atoms with van der Waals surface area (Å²) >= 11 is 0. The minimum atomic E-state index is -1.85. The molecular formula is C22H28N2O6Si. The Balaban J connectivity index is 1.85. The zero-order valence-electron chi connectivity index (χ0n) is 18.2. The number of carbonyl (C=O) groups excluding carboxylic acids is 2. The molecule has 8 nitrogen and oxygen atoms in total. The van der Waals surface area contributed by atoms with Crippen molar-refractivity contribution in [3.8, 4) is 0 Å². The van der Waals surface area contributed by atoms with E-state index in [1.165, 1.54) is 11.0 Å². The predicted octanol–water partition coefficient (Wildman–Crippen LogP) is 3.69. The summed E-state index contributed by atoms with van der Waals surface area (Å²) in [6.07, 6.45) is 0.972. The van der Waals surface area contributed by atoms with Crippen molar-refractivity contribution in [2.45, 2.75) is 45.1 Å². The molecule has 0 saturated carbocycles. The van der Waals surface area contributed by atoms with Gasteiger partial charge in [-0.2, -0.15) is 0 Å². The zero-order chi connectivity index (χ0) is 22.9. The van der Waals surface area contributed by atoms with Gasteiger partial charge in [-0.15, -0.1) is 0 Å². The van der Waals surface area contributed by atoms with Crippen LogP contribution < -0.4 is 5.32 Å². The van der Waals surface area contributed by atoms with Gasteiger partial charge in [0.15, 0.2) is 8.32 Å². The van der Waals surface area contributed by atoms with E-state index >= 15 is 0 Å². The molecule has 31 heavy (non-hydrogen) atoms. The van der Waals surface area contributed by atoms with E-state index in [2.05, 4.69) is 31.5 Å². The third-order valence-electron chi connectivity index (χ3n) is 5.25. The van der Waals surface area contributed by atoms with Gasteiger partial charge in [0.2, 0.25) is 5.91 Å². The lowest BCUT2D eigenvalue weighted by Gasteiger charge is -2.47. The van der Waals surface area contributed by atoms with Crippen LogP contribution in [0.1, 0.15) is 18.9 Å². The number of carbonyl (C=O) groups is 3. The van der Waals surface area contributed by atoms with Crippen molar-refractivity contribution < 1.29 is 28.7 Å². The largest absolute Gasteiger partial charge is 0.477 e. The van der Waals surface area contributed by atoms with Gasteiger partial charge in [-0.05, 0) is 56.3 Å². The molecule has 0 aromatic heterocycles. The van der Waals surface area contributed by atoms with Gasteiger partial charge in [0, 0.05) is 5.69 Å². The third kappa shape index (κ3) is 4.72. The normalized spacial score (nSPS) is 21.3. The summed E-state index contributed by atoms with van der Waals surface area (Å²) in [5, 5.41) is 12.4. The van der Waals surface area contributed by atoms with Crippen LogP contribution in [0.3, 0.4) is 0 Å².